The van der Waals surface area contributed by atoms with Crippen molar-refractivity contribution in [2.24, 2.45) is 11.8 Å². The van der Waals surface area contributed by atoms with E-state index in [0.717, 1.165) is 17.9 Å². The van der Waals surface area contributed by atoms with Crippen molar-refractivity contribution in [3.8, 4) is 0 Å². The van der Waals surface area contributed by atoms with E-state index < -0.39 is 11.6 Å². The molecule has 1 atom stereocenters. The number of nitrogens with one attached hydrogen (secondary N) is 1. The summed E-state index contributed by atoms with van der Waals surface area (Å²) in [4.78, 5) is 0. The van der Waals surface area contributed by atoms with E-state index in [-0.39, 0.29) is 6.04 Å². The van der Waals surface area contributed by atoms with Gasteiger partial charge in [0.2, 0.25) is 0 Å². The van der Waals surface area contributed by atoms with Crippen molar-refractivity contribution >= 4 is 0 Å². The molecule has 17 heavy (non-hydrogen) atoms. The molecule has 1 unspecified atom stereocenters. The van der Waals surface area contributed by atoms with Gasteiger partial charge in [0.05, 0.1) is 0 Å². The fraction of sp³-hybridized carbons (Fsp3) is 0.538. The minimum Gasteiger partial charge on any atom is -0.271 e. The second kappa shape index (κ2) is 5.56. The number of hydrogen-bond acceptors (Lipinski definition) is 2. The fourth-order valence-corrected chi connectivity index (χ4v) is 2.29. The molecule has 1 saturated carbocycles. The summed E-state index contributed by atoms with van der Waals surface area (Å²) in [5.41, 5.74) is 3.55. The highest BCUT2D eigenvalue weighted by Gasteiger charge is 2.21. The lowest BCUT2D eigenvalue weighted by atomic mass is 9.80. The fourth-order valence-electron chi connectivity index (χ4n) is 2.29. The van der Waals surface area contributed by atoms with Gasteiger partial charge in [0.1, 0.15) is 0 Å². The minimum absolute atomic E-state index is 0.144. The zero-order valence-electron chi connectivity index (χ0n) is 9.76. The second-order valence-corrected chi connectivity index (χ2v) is 4.85. The number of nitrogens with two attached hydrogens (primary N) is 1. The van der Waals surface area contributed by atoms with Crippen LogP contribution < -0.4 is 11.3 Å². The van der Waals surface area contributed by atoms with Gasteiger partial charge in [0, 0.05) is 6.04 Å². The molecular formula is C13H18F2N2. The van der Waals surface area contributed by atoms with E-state index >= 15 is 0 Å². The Morgan fingerprint density at radius 3 is 2.59 bits per heavy atom. The van der Waals surface area contributed by atoms with Gasteiger partial charge in [-0.05, 0) is 36.5 Å². The third-order valence-corrected chi connectivity index (χ3v) is 3.54. The van der Waals surface area contributed by atoms with Gasteiger partial charge in [0.25, 0.3) is 0 Å². The monoisotopic (exact) mass is 240 g/mol. The van der Waals surface area contributed by atoms with Crippen molar-refractivity contribution < 1.29 is 8.78 Å². The van der Waals surface area contributed by atoms with E-state index in [1.54, 1.807) is 6.07 Å². The summed E-state index contributed by atoms with van der Waals surface area (Å²) < 4.78 is 25.8. The van der Waals surface area contributed by atoms with Crippen molar-refractivity contribution in [2.45, 2.75) is 38.1 Å². The van der Waals surface area contributed by atoms with Gasteiger partial charge in [0.15, 0.2) is 11.6 Å². The molecule has 1 aromatic carbocycles. The predicted molar refractivity (Wildman–Crippen MR) is 63.1 cm³/mol. The predicted octanol–water partition coefficient (Wildman–Crippen LogP) is 2.53. The summed E-state index contributed by atoms with van der Waals surface area (Å²) in [7, 11) is 0. The van der Waals surface area contributed by atoms with Gasteiger partial charge in [-0.2, -0.15) is 0 Å². The maximum absolute atomic E-state index is 13.0. The average Bonchev–Trinajstić information content (AvgIpc) is 2.26. The van der Waals surface area contributed by atoms with Crippen LogP contribution in [0.2, 0.25) is 0 Å². The van der Waals surface area contributed by atoms with Crippen LogP contribution in [-0.4, -0.2) is 6.04 Å². The Morgan fingerprint density at radius 2 is 2.06 bits per heavy atom. The highest BCUT2D eigenvalue weighted by atomic mass is 19.2. The third kappa shape index (κ3) is 3.23. The van der Waals surface area contributed by atoms with Crippen LogP contribution in [0.5, 0.6) is 0 Å². The first kappa shape index (κ1) is 12.5. The lowest BCUT2D eigenvalue weighted by Crippen LogP contribution is -2.39. The maximum Gasteiger partial charge on any atom is 0.159 e. The zero-order valence-corrected chi connectivity index (χ0v) is 9.76. The Morgan fingerprint density at radius 1 is 1.29 bits per heavy atom. The summed E-state index contributed by atoms with van der Waals surface area (Å²) in [6.45, 7) is 0. The van der Waals surface area contributed by atoms with Crippen LogP contribution in [0.1, 0.15) is 31.2 Å². The van der Waals surface area contributed by atoms with Crippen molar-refractivity contribution in [2.75, 3.05) is 0 Å². The topological polar surface area (TPSA) is 38.0 Å². The van der Waals surface area contributed by atoms with Crippen LogP contribution in [0, 0.1) is 17.6 Å². The molecule has 2 nitrogen and oxygen atoms in total. The van der Waals surface area contributed by atoms with Gasteiger partial charge in [-0.1, -0.05) is 25.3 Å². The van der Waals surface area contributed by atoms with Gasteiger partial charge in [-0.25, -0.2) is 8.78 Å². The molecule has 0 heterocycles. The van der Waals surface area contributed by atoms with Crippen LogP contribution in [0.3, 0.4) is 0 Å². The third-order valence-electron chi connectivity index (χ3n) is 3.54. The molecule has 0 saturated heterocycles. The Balaban J connectivity index is 1.94. The Kier molecular flexibility index (Phi) is 4.07. The molecule has 94 valence electrons. The lowest BCUT2D eigenvalue weighted by molar-refractivity contribution is 0.259. The maximum atomic E-state index is 13.0. The summed E-state index contributed by atoms with van der Waals surface area (Å²) in [6, 6.07) is 4.18. The number of hydrogen-bond donors (Lipinski definition) is 2. The van der Waals surface area contributed by atoms with E-state index in [1.165, 1.54) is 31.4 Å². The first-order valence-electron chi connectivity index (χ1n) is 6.09. The van der Waals surface area contributed by atoms with Crippen LogP contribution in [0.25, 0.3) is 0 Å². The number of rotatable bonds is 5. The molecule has 1 aliphatic carbocycles. The van der Waals surface area contributed by atoms with Gasteiger partial charge in [-0.3, -0.25) is 11.3 Å². The van der Waals surface area contributed by atoms with E-state index in [2.05, 4.69) is 5.43 Å². The van der Waals surface area contributed by atoms with E-state index in [0.29, 0.717) is 6.42 Å². The highest BCUT2D eigenvalue weighted by molar-refractivity contribution is 5.18. The summed E-state index contributed by atoms with van der Waals surface area (Å²) in [6.07, 6.45) is 5.47. The first-order chi connectivity index (χ1) is 8.19. The normalized spacial score (nSPS) is 17.8. The Labute approximate surface area is 100 Å². The van der Waals surface area contributed by atoms with E-state index in [1.807, 2.05) is 0 Å². The molecule has 0 aromatic heterocycles. The number of benzene rings is 1. The molecule has 0 radical (unpaired) electrons. The smallest absolute Gasteiger partial charge is 0.159 e. The summed E-state index contributed by atoms with van der Waals surface area (Å²) in [5.74, 6) is 4.64. The SMILES string of the molecule is NNC(Cc1ccc(F)c(F)c1)CC1CCC1. The highest BCUT2D eigenvalue weighted by Crippen LogP contribution is 2.31. The van der Waals surface area contributed by atoms with Gasteiger partial charge in [-0.15, -0.1) is 0 Å². The first-order valence-corrected chi connectivity index (χ1v) is 6.09. The molecule has 0 spiro atoms. The Bertz CT molecular complexity index is 378. The quantitative estimate of drug-likeness (QED) is 0.613. The van der Waals surface area contributed by atoms with Crippen LogP contribution >= 0.6 is 0 Å². The largest absolute Gasteiger partial charge is 0.271 e. The molecule has 0 bridgehead atoms. The molecular weight excluding hydrogens is 222 g/mol. The van der Waals surface area contributed by atoms with Crippen LogP contribution in [-0.2, 0) is 6.42 Å². The molecule has 4 heteroatoms. The minimum atomic E-state index is -0.801. The standard InChI is InChI=1S/C13H18F2N2/c14-12-5-4-10(8-13(12)15)7-11(17-16)6-9-2-1-3-9/h4-5,8-9,11,17H,1-3,6-7,16H2. The summed E-state index contributed by atoms with van der Waals surface area (Å²) in [5, 5.41) is 0. The average molecular weight is 240 g/mol. The summed E-state index contributed by atoms with van der Waals surface area (Å²) >= 11 is 0. The molecule has 0 amide bonds. The number of hydrazine groups is 1. The van der Waals surface area contributed by atoms with E-state index in [9.17, 15) is 8.78 Å². The van der Waals surface area contributed by atoms with Crippen LogP contribution in [0.15, 0.2) is 18.2 Å². The van der Waals surface area contributed by atoms with Gasteiger partial charge >= 0.3 is 0 Å². The van der Waals surface area contributed by atoms with Crippen molar-refractivity contribution in [3.05, 3.63) is 35.4 Å². The molecule has 1 aromatic rings. The molecule has 2 rings (SSSR count). The van der Waals surface area contributed by atoms with Crippen molar-refractivity contribution in [1.82, 2.24) is 5.43 Å². The lowest BCUT2D eigenvalue weighted by Gasteiger charge is -2.29. The van der Waals surface area contributed by atoms with Crippen molar-refractivity contribution in [3.63, 3.8) is 0 Å². The molecule has 3 N–H and O–H groups in total. The zero-order chi connectivity index (χ0) is 12.3. The number of halogens is 2. The van der Waals surface area contributed by atoms with Crippen molar-refractivity contribution in [1.29, 1.82) is 0 Å². The van der Waals surface area contributed by atoms with Gasteiger partial charge < -0.3 is 0 Å². The second-order valence-electron chi connectivity index (χ2n) is 4.85. The Hall–Kier alpha value is -1.00. The van der Waals surface area contributed by atoms with Crippen LogP contribution in [0.4, 0.5) is 8.78 Å². The molecule has 1 aliphatic rings. The molecule has 0 aliphatic heterocycles. The molecule has 1 fully saturated rings. The van der Waals surface area contributed by atoms with E-state index in [4.69, 9.17) is 5.84 Å².